The molecule has 20 heavy (non-hydrogen) atoms. The maximum Gasteiger partial charge on any atom is 0.251 e. The summed E-state index contributed by atoms with van der Waals surface area (Å²) in [5.74, 6) is 0.571. The van der Waals surface area contributed by atoms with Gasteiger partial charge in [-0.25, -0.2) is 9.97 Å². The Balaban J connectivity index is 2.12. The van der Waals surface area contributed by atoms with Gasteiger partial charge in [-0.05, 0) is 18.1 Å². The molecule has 2 aromatic heterocycles. The molecule has 2 aromatic rings. The Hall–Kier alpha value is -1.04. The van der Waals surface area contributed by atoms with Crippen molar-refractivity contribution in [2.24, 2.45) is 0 Å². The van der Waals surface area contributed by atoms with Gasteiger partial charge in [0, 0.05) is 28.7 Å². The number of hydrogen-bond donors (Lipinski definition) is 1. The molecule has 0 bridgehead atoms. The zero-order chi connectivity index (χ0) is 14.5. The molecule has 4 nitrogen and oxygen atoms in total. The Labute approximate surface area is 130 Å². The van der Waals surface area contributed by atoms with Crippen molar-refractivity contribution in [3.8, 4) is 0 Å². The van der Waals surface area contributed by atoms with Crippen LogP contribution in [-0.2, 0) is 12.2 Å². The van der Waals surface area contributed by atoms with E-state index in [9.17, 15) is 4.79 Å². The lowest BCUT2D eigenvalue weighted by Gasteiger charge is -2.05. The normalized spacial score (nSPS) is 10.8. The van der Waals surface area contributed by atoms with E-state index in [0.29, 0.717) is 21.1 Å². The number of hydrogen-bond acceptors (Lipinski definition) is 4. The lowest BCUT2D eigenvalue weighted by atomic mass is 10.2. The molecule has 0 aliphatic carbocycles. The van der Waals surface area contributed by atoms with Gasteiger partial charge in [0.25, 0.3) is 5.56 Å². The van der Waals surface area contributed by atoms with Crippen LogP contribution in [0.15, 0.2) is 28.3 Å². The fourth-order valence-electron chi connectivity index (χ4n) is 1.62. The van der Waals surface area contributed by atoms with E-state index in [1.165, 1.54) is 17.8 Å². The molecule has 0 amide bonds. The minimum absolute atomic E-state index is 0.133. The third kappa shape index (κ3) is 4.23. The number of aryl methyl sites for hydroxylation is 1. The van der Waals surface area contributed by atoms with E-state index in [-0.39, 0.29) is 5.56 Å². The Kier molecular flexibility index (Phi) is 5.46. The van der Waals surface area contributed by atoms with Gasteiger partial charge in [0.15, 0.2) is 5.16 Å². The first kappa shape index (κ1) is 15.4. The minimum atomic E-state index is -0.133. The minimum Gasteiger partial charge on any atom is -0.301 e. The van der Waals surface area contributed by atoms with Crippen LogP contribution in [0.3, 0.4) is 0 Å². The van der Waals surface area contributed by atoms with Gasteiger partial charge in [-0.1, -0.05) is 48.3 Å². The van der Waals surface area contributed by atoms with Crippen molar-refractivity contribution >= 4 is 35.0 Å². The fraction of sp³-hybridized carbons (Fsp3) is 0.308. The Morgan fingerprint density at radius 2 is 2.15 bits per heavy atom. The molecule has 0 aliphatic heterocycles. The molecule has 0 saturated heterocycles. The van der Waals surface area contributed by atoms with Crippen molar-refractivity contribution in [1.29, 1.82) is 0 Å². The van der Waals surface area contributed by atoms with Crippen LogP contribution in [0.1, 0.15) is 24.6 Å². The lowest BCUT2D eigenvalue weighted by Crippen LogP contribution is -2.10. The van der Waals surface area contributed by atoms with Gasteiger partial charge < -0.3 is 4.98 Å². The van der Waals surface area contributed by atoms with Crippen LogP contribution in [0.5, 0.6) is 0 Å². The Morgan fingerprint density at radius 1 is 1.35 bits per heavy atom. The van der Waals surface area contributed by atoms with Crippen molar-refractivity contribution in [2.75, 3.05) is 0 Å². The van der Waals surface area contributed by atoms with Crippen LogP contribution in [0, 0.1) is 0 Å². The molecule has 0 radical (unpaired) electrons. The number of aromatic amines is 1. The van der Waals surface area contributed by atoms with Gasteiger partial charge in [0.1, 0.15) is 5.15 Å². The average Bonchev–Trinajstić information content (AvgIpc) is 2.37. The second kappa shape index (κ2) is 7.11. The molecular formula is C13H13Cl2N3OS. The average molecular weight is 330 g/mol. The zero-order valence-corrected chi connectivity index (χ0v) is 13.1. The Bertz CT molecular complexity index is 660. The smallest absolute Gasteiger partial charge is 0.251 e. The summed E-state index contributed by atoms with van der Waals surface area (Å²) in [4.78, 5) is 22.7. The summed E-state index contributed by atoms with van der Waals surface area (Å²) in [6.07, 6.45) is 3.37. The van der Waals surface area contributed by atoms with Crippen LogP contribution in [-0.4, -0.2) is 15.0 Å². The standard InChI is InChI=1S/C13H13Cl2N3OS/c1-2-3-9-4-12(19)18-13(17-9)20-7-8-6-16-11(15)5-10(8)14/h4-6H,2-3,7H2,1H3,(H,17,18,19). The summed E-state index contributed by atoms with van der Waals surface area (Å²) >= 11 is 13.2. The zero-order valence-electron chi connectivity index (χ0n) is 10.8. The van der Waals surface area contributed by atoms with Crippen molar-refractivity contribution in [1.82, 2.24) is 15.0 Å². The van der Waals surface area contributed by atoms with Crippen LogP contribution in [0.2, 0.25) is 10.2 Å². The highest BCUT2D eigenvalue weighted by Crippen LogP contribution is 2.25. The van der Waals surface area contributed by atoms with E-state index in [0.717, 1.165) is 24.1 Å². The third-order valence-corrected chi connectivity index (χ3v) is 4.02. The first-order chi connectivity index (χ1) is 9.58. The van der Waals surface area contributed by atoms with E-state index in [1.54, 1.807) is 12.3 Å². The van der Waals surface area contributed by atoms with Gasteiger partial charge in [-0.2, -0.15) is 0 Å². The van der Waals surface area contributed by atoms with Gasteiger partial charge in [0.05, 0.1) is 0 Å². The molecule has 0 aromatic carbocycles. The van der Waals surface area contributed by atoms with Crippen molar-refractivity contribution in [3.05, 3.63) is 50.1 Å². The summed E-state index contributed by atoms with van der Waals surface area (Å²) < 4.78 is 0. The van der Waals surface area contributed by atoms with Gasteiger partial charge >= 0.3 is 0 Å². The van der Waals surface area contributed by atoms with E-state index in [1.807, 2.05) is 0 Å². The van der Waals surface area contributed by atoms with Gasteiger partial charge in [-0.15, -0.1) is 0 Å². The summed E-state index contributed by atoms with van der Waals surface area (Å²) in [5.41, 5.74) is 1.52. The lowest BCUT2D eigenvalue weighted by molar-refractivity contribution is 0.816. The van der Waals surface area contributed by atoms with Crippen molar-refractivity contribution in [2.45, 2.75) is 30.7 Å². The molecule has 0 unspecified atom stereocenters. The predicted molar refractivity (Wildman–Crippen MR) is 82.7 cm³/mol. The highest BCUT2D eigenvalue weighted by Gasteiger charge is 2.06. The molecule has 2 heterocycles. The molecule has 0 atom stereocenters. The molecule has 106 valence electrons. The number of thioether (sulfide) groups is 1. The van der Waals surface area contributed by atoms with E-state index in [2.05, 4.69) is 21.9 Å². The number of rotatable bonds is 5. The van der Waals surface area contributed by atoms with Gasteiger partial charge in [0.2, 0.25) is 0 Å². The third-order valence-electron chi connectivity index (χ3n) is 2.54. The highest BCUT2D eigenvalue weighted by molar-refractivity contribution is 7.98. The quantitative estimate of drug-likeness (QED) is 0.516. The summed E-state index contributed by atoms with van der Waals surface area (Å²) in [7, 11) is 0. The summed E-state index contributed by atoms with van der Waals surface area (Å²) in [6, 6.07) is 3.13. The summed E-state index contributed by atoms with van der Waals surface area (Å²) in [5, 5.41) is 1.51. The molecule has 0 aliphatic rings. The van der Waals surface area contributed by atoms with Crippen molar-refractivity contribution in [3.63, 3.8) is 0 Å². The molecule has 0 spiro atoms. The molecule has 7 heteroatoms. The van der Waals surface area contributed by atoms with Crippen LogP contribution in [0.25, 0.3) is 0 Å². The second-order valence-corrected chi connectivity index (χ2v) is 5.94. The molecule has 2 rings (SSSR count). The highest BCUT2D eigenvalue weighted by atomic mass is 35.5. The number of pyridine rings is 1. The predicted octanol–water partition coefficient (Wildman–Crippen LogP) is 3.72. The molecule has 1 N–H and O–H groups in total. The largest absolute Gasteiger partial charge is 0.301 e. The SMILES string of the molecule is CCCc1cc(=O)[nH]c(SCc2cnc(Cl)cc2Cl)n1. The topological polar surface area (TPSA) is 58.6 Å². The molecule has 0 saturated carbocycles. The first-order valence-corrected chi connectivity index (χ1v) is 7.85. The number of nitrogens with zero attached hydrogens (tertiary/aromatic N) is 2. The maximum absolute atomic E-state index is 11.5. The van der Waals surface area contributed by atoms with Crippen LogP contribution >= 0.6 is 35.0 Å². The maximum atomic E-state index is 11.5. The van der Waals surface area contributed by atoms with E-state index >= 15 is 0 Å². The van der Waals surface area contributed by atoms with E-state index < -0.39 is 0 Å². The van der Waals surface area contributed by atoms with Crippen LogP contribution in [0.4, 0.5) is 0 Å². The number of aromatic nitrogens is 3. The number of halogens is 2. The van der Waals surface area contributed by atoms with Crippen LogP contribution < -0.4 is 5.56 Å². The molecular weight excluding hydrogens is 317 g/mol. The molecule has 0 fully saturated rings. The first-order valence-electron chi connectivity index (χ1n) is 6.11. The van der Waals surface area contributed by atoms with E-state index in [4.69, 9.17) is 23.2 Å². The number of H-pyrrole nitrogens is 1. The summed E-state index contributed by atoms with van der Waals surface area (Å²) in [6.45, 7) is 2.05. The van der Waals surface area contributed by atoms with Crippen molar-refractivity contribution < 1.29 is 0 Å². The number of nitrogens with one attached hydrogen (secondary N) is 1. The fourth-order valence-corrected chi connectivity index (χ4v) is 3.01. The second-order valence-electron chi connectivity index (χ2n) is 4.18. The Morgan fingerprint density at radius 3 is 2.85 bits per heavy atom. The van der Waals surface area contributed by atoms with Gasteiger partial charge in [-0.3, -0.25) is 4.79 Å². The monoisotopic (exact) mass is 329 g/mol.